The lowest BCUT2D eigenvalue weighted by Crippen LogP contribution is -2.44. The van der Waals surface area contributed by atoms with Crippen molar-refractivity contribution in [2.45, 2.75) is 26.3 Å². The van der Waals surface area contributed by atoms with E-state index in [2.05, 4.69) is 5.32 Å². The summed E-state index contributed by atoms with van der Waals surface area (Å²) in [6, 6.07) is -0.140. The molecule has 2 N–H and O–H groups in total. The molecule has 13 heavy (non-hydrogen) atoms. The van der Waals surface area contributed by atoms with Crippen LogP contribution in [0.25, 0.3) is 0 Å². The number of hydrogen-bond donors (Lipinski definition) is 2. The van der Waals surface area contributed by atoms with Crippen LogP contribution in [0.5, 0.6) is 0 Å². The smallest absolute Gasteiger partial charge is 0.239 e. The highest BCUT2D eigenvalue weighted by Crippen LogP contribution is 1.96. The van der Waals surface area contributed by atoms with E-state index in [1.807, 2.05) is 13.8 Å². The van der Waals surface area contributed by atoms with E-state index < -0.39 is 0 Å². The fraction of sp³-hybridized carbons (Fsp3) is 0.889. The summed E-state index contributed by atoms with van der Waals surface area (Å²) in [5, 5.41) is 11.5. The Bertz CT molecular complexity index is 151. The van der Waals surface area contributed by atoms with E-state index in [4.69, 9.17) is 5.11 Å². The van der Waals surface area contributed by atoms with Gasteiger partial charge in [0.1, 0.15) is 0 Å². The van der Waals surface area contributed by atoms with Gasteiger partial charge in [-0.05, 0) is 27.3 Å². The molecule has 0 radical (unpaired) electrons. The van der Waals surface area contributed by atoms with Crippen molar-refractivity contribution in [2.75, 3.05) is 26.7 Å². The summed E-state index contributed by atoms with van der Waals surface area (Å²) in [7, 11) is 1.77. The first-order chi connectivity index (χ1) is 6.17. The van der Waals surface area contributed by atoms with Gasteiger partial charge in [-0.2, -0.15) is 0 Å². The molecule has 4 nitrogen and oxygen atoms in total. The third kappa shape index (κ3) is 4.24. The molecule has 0 fully saturated rings. The molecule has 0 rings (SSSR count). The summed E-state index contributed by atoms with van der Waals surface area (Å²) >= 11 is 0. The van der Waals surface area contributed by atoms with Crippen molar-refractivity contribution in [1.29, 1.82) is 0 Å². The molecule has 0 aliphatic rings. The second-order valence-corrected chi connectivity index (χ2v) is 3.01. The van der Waals surface area contributed by atoms with Gasteiger partial charge in [-0.15, -0.1) is 0 Å². The number of aliphatic hydroxyl groups is 1. The van der Waals surface area contributed by atoms with Crippen LogP contribution >= 0.6 is 0 Å². The third-order valence-corrected chi connectivity index (χ3v) is 2.08. The average Bonchev–Trinajstić information content (AvgIpc) is 2.17. The quantitative estimate of drug-likeness (QED) is 0.608. The van der Waals surface area contributed by atoms with Gasteiger partial charge in [0, 0.05) is 19.7 Å². The number of nitrogens with zero attached hydrogens (tertiary/aromatic N) is 1. The molecule has 1 unspecified atom stereocenters. The van der Waals surface area contributed by atoms with Gasteiger partial charge >= 0.3 is 0 Å². The molecule has 0 saturated heterocycles. The standard InChI is InChI=1S/C9H20N2O2/c1-4-11(6-5-7-12)9(13)8(2)10-3/h8,10,12H,4-7H2,1-3H3. The van der Waals surface area contributed by atoms with Crippen LogP contribution < -0.4 is 5.32 Å². The number of carbonyl (C=O) groups excluding carboxylic acids is 1. The van der Waals surface area contributed by atoms with E-state index in [9.17, 15) is 4.79 Å². The molecule has 0 aromatic heterocycles. The van der Waals surface area contributed by atoms with Crippen LogP contribution in [0.4, 0.5) is 0 Å². The van der Waals surface area contributed by atoms with Crippen LogP contribution in [0.15, 0.2) is 0 Å². The van der Waals surface area contributed by atoms with Crippen molar-refractivity contribution in [3.63, 3.8) is 0 Å². The molecule has 0 aliphatic heterocycles. The predicted octanol–water partition coefficient (Wildman–Crippen LogP) is -0.175. The Balaban J connectivity index is 3.98. The molecule has 4 heteroatoms. The molecule has 0 aromatic carbocycles. The molecular weight excluding hydrogens is 168 g/mol. The van der Waals surface area contributed by atoms with Gasteiger partial charge in [0.25, 0.3) is 0 Å². The normalized spacial score (nSPS) is 12.6. The van der Waals surface area contributed by atoms with Crippen molar-refractivity contribution >= 4 is 5.91 Å². The monoisotopic (exact) mass is 188 g/mol. The van der Waals surface area contributed by atoms with E-state index in [1.54, 1.807) is 11.9 Å². The van der Waals surface area contributed by atoms with Crippen molar-refractivity contribution < 1.29 is 9.90 Å². The Morgan fingerprint density at radius 1 is 1.62 bits per heavy atom. The van der Waals surface area contributed by atoms with E-state index in [1.165, 1.54) is 0 Å². The minimum Gasteiger partial charge on any atom is -0.396 e. The Kier molecular flexibility index (Phi) is 6.54. The lowest BCUT2D eigenvalue weighted by molar-refractivity contribution is -0.132. The number of amides is 1. The lowest BCUT2D eigenvalue weighted by Gasteiger charge is -2.23. The number of aliphatic hydroxyl groups excluding tert-OH is 1. The number of hydrogen-bond acceptors (Lipinski definition) is 3. The fourth-order valence-electron chi connectivity index (χ4n) is 1.08. The zero-order valence-corrected chi connectivity index (χ0v) is 8.71. The fourth-order valence-corrected chi connectivity index (χ4v) is 1.08. The summed E-state index contributed by atoms with van der Waals surface area (Å²) in [4.78, 5) is 13.3. The highest BCUT2D eigenvalue weighted by Gasteiger charge is 2.16. The van der Waals surface area contributed by atoms with Gasteiger partial charge < -0.3 is 15.3 Å². The summed E-state index contributed by atoms with van der Waals surface area (Å²) in [5.74, 6) is 0.0958. The minimum absolute atomic E-state index is 0.0958. The molecule has 0 aliphatic carbocycles. The maximum atomic E-state index is 11.6. The second kappa shape index (κ2) is 6.86. The number of carbonyl (C=O) groups is 1. The molecule has 0 bridgehead atoms. The average molecular weight is 188 g/mol. The zero-order chi connectivity index (χ0) is 10.3. The van der Waals surface area contributed by atoms with Crippen molar-refractivity contribution in [3.05, 3.63) is 0 Å². The lowest BCUT2D eigenvalue weighted by atomic mass is 10.2. The van der Waals surface area contributed by atoms with Gasteiger partial charge in [-0.3, -0.25) is 4.79 Å². The summed E-state index contributed by atoms with van der Waals surface area (Å²) < 4.78 is 0. The van der Waals surface area contributed by atoms with Crippen LogP contribution in [-0.2, 0) is 4.79 Å². The van der Waals surface area contributed by atoms with Crippen LogP contribution in [0.3, 0.4) is 0 Å². The minimum atomic E-state index is -0.140. The Hall–Kier alpha value is -0.610. The van der Waals surface area contributed by atoms with Crippen LogP contribution in [-0.4, -0.2) is 48.7 Å². The second-order valence-electron chi connectivity index (χ2n) is 3.01. The molecular formula is C9H20N2O2. The van der Waals surface area contributed by atoms with Gasteiger partial charge in [0.05, 0.1) is 6.04 Å². The molecule has 0 spiro atoms. The maximum absolute atomic E-state index is 11.6. The SMILES string of the molecule is CCN(CCCO)C(=O)C(C)NC. The largest absolute Gasteiger partial charge is 0.396 e. The van der Waals surface area contributed by atoms with E-state index >= 15 is 0 Å². The number of nitrogens with one attached hydrogen (secondary N) is 1. The molecule has 0 saturated carbocycles. The molecule has 0 aromatic rings. The van der Waals surface area contributed by atoms with Gasteiger partial charge in [-0.25, -0.2) is 0 Å². The maximum Gasteiger partial charge on any atom is 0.239 e. The Morgan fingerprint density at radius 3 is 2.62 bits per heavy atom. The highest BCUT2D eigenvalue weighted by molar-refractivity contribution is 5.81. The molecule has 1 atom stereocenters. The zero-order valence-electron chi connectivity index (χ0n) is 8.71. The summed E-state index contributed by atoms with van der Waals surface area (Å²) in [6.07, 6.45) is 0.649. The highest BCUT2D eigenvalue weighted by atomic mass is 16.3. The molecule has 78 valence electrons. The first-order valence-corrected chi connectivity index (χ1v) is 4.74. The third-order valence-electron chi connectivity index (χ3n) is 2.08. The summed E-state index contributed by atoms with van der Waals surface area (Å²) in [6.45, 7) is 5.25. The summed E-state index contributed by atoms with van der Waals surface area (Å²) in [5.41, 5.74) is 0. The van der Waals surface area contributed by atoms with Gasteiger partial charge in [-0.1, -0.05) is 0 Å². The first-order valence-electron chi connectivity index (χ1n) is 4.74. The first kappa shape index (κ1) is 12.4. The van der Waals surface area contributed by atoms with Crippen LogP contribution in [0.2, 0.25) is 0 Å². The van der Waals surface area contributed by atoms with E-state index in [0.717, 1.165) is 0 Å². The molecule has 1 amide bonds. The Morgan fingerprint density at radius 2 is 2.23 bits per heavy atom. The Labute approximate surface area is 79.9 Å². The van der Waals surface area contributed by atoms with Crippen LogP contribution in [0, 0.1) is 0 Å². The van der Waals surface area contributed by atoms with Crippen molar-refractivity contribution in [1.82, 2.24) is 10.2 Å². The van der Waals surface area contributed by atoms with E-state index in [-0.39, 0.29) is 18.6 Å². The van der Waals surface area contributed by atoms with Gasteiger partial charge in [0.15, 0.2) is 0 Å². The topological polar surface area (TPSA) is 52.6 Å². The van der Waals surface area contributed by atoms with Crippen LogP contribution in [0.1, 0.15) is 20.3 Å². The number of likely N-dealkylation sites (N-methyl/N-ethyl adjacent to an activating group) is 2. The predicted molar refractivity (Wildman–Crippen MR) is 52.5 cm³/mol. The molecule has 0 heterocycles. The van der Waals surface area contributed by atoms with E-state index in [0.29, 0.717) is 19.5 Å². The van der Waals surface area contributed by atoms with Gasteiger partial charge in [0.2, 0.25) is 5.91 Å². The number of rotatable bonds is 6. The van der Waals surface area contributed by atoms with Crippen molar-refractivity contribution in [2.24, 2.45) is 0 Å². The van der Waals surface area contributed by atoms with Crippen molar-refractivity contribution in [3.8, 4) is 0 Å².